The molecular formula is C40H40Cl2N6O2. The largest absolute Gasteiger partial charge is 0.457 e. The molecule has 2 fully saturated rings. The predicted octanol–water partition coefficient (Wildman–Crippen LogP) is 9.69. The predicted molar refractivity (Wildman–Crippen MR) is 201 cm³/mol. The molecule has 1 N–H and O–H groups in total. The molecule has 0 atom stereocenters. The Balaban J connectivity index is 1.26. The van der Waals surface area contributed by atoms with Gasteiger partial charge in [0.2, 0.25) is 5.95 Å². The van der Waals surface area contributed by atoms with Gasteiger partial charge in [0.25, 0.3) is 0 Å². The molecule has 2 aliphatic rings. The summed E-state index contributed by atoms with van der Waals surface area (Å²) in [4.78, 5) is 29.9. The second-order valence-electron chi connectivity index (χ2n) is 13.5. The number of carbonyl (C=O) groups excluding carboxylic acids is 1. The number of imidazole rings is 1. The Labute approximate surface area is 303 Å². The van der Waals surface area contributed by atoms with Gasteiger partial charge < -0.3 is 19.5 Å². The molecule has 0 spiro atoms. The third-order valence-corrected chi connectivity index (χ3v) is 9.86. The summed E-state index contributed by atoms with van der Waals surface area (Å²) in [6.45, 7) is 6.41. The molecule has 0 amide bonds. The first-order chi connectivity index (χ1) is 24.2. The van der Waals surface area contributed by atoms with Gasteiger partial charge in [-0.25, -0.2) is 15.0 Å². The molecule has 1 aliphatic heterocycles. The second-order valence-corrected chi connectivity index (χ2v) is 14.3. The standard InChI is InChI=1S/C40H40Cl2N6O2/c1-25(2)21-36(49)28-5-4-6-32(22-28)50-31-12-7-26(8-13-31)24-48-38(35-15-18-43-40(45-35)44-30-10-11-30)37(29-9-14-33(41)34(42)23-29)46-39(48)27-16-19-47(3)20-17-27/h4-9,12-15,18,21-23,27,30H,10-11,16-17,19-20,24H2,1-3H3,(H,43,44,45). The highest BCUT2D eigenvalue weighted by molar-refractivity contribution is 6.42. The number of halogens is 2. The van der Waals surface area contributed by atoms with E-state index in [1.54, 1.807) is 18.2 Å². The Kier molecular flexibility index (Phi) is 10.0. The van der Waals surface area contributed by atoms with Crippen molar-refractivity contribution in [1.82, 2.24) is 24.4 Å². The molecule has 7 rings (SSSR count). The summed E-state index contributed by atoms with van der Waals surface area (Å²) < 4.78 is 8.51. The Morgan fingerprint density at radius 1 is 0.920 bits per heavy atom. The average Bonchev–Trinajstić information content (AvgIpc) is 3.85. The van der Waals surface area contributed by atoms with Gasteiger partial charge in [-0.15, -0.1) is 0 Å². The number of likely N-dealkylation sites (tertiary alicyclic amines) is 1. The van der Waals surface area contributed by atoms with Crippen LogP contribution in [0.5, 0.6) is 11.5 Å². The fourth-order valence-electron chi connectivity index (χ4n) is 6.32. The number of aromatic nitrogens is 4. The van der Waals surface area contributed by atoms with Crippen LogP contribution in [0.25, 0.3) is 22.6 Å². The first kappa shape index (κ1) is 34.0. The maximum Gasteiger partial charge on any atom is 0.223 e. The number of nitrogens with one attached hydrogen (secondary N) is 1. The first-order valence-corrected chi connectivity index (χ1v) is 17.9. The van der Waals surface area contributed by atoms with Gasteiger partial charge in [-0.1, -0.05) is 59.1 Å². The molecule has 10 heteroatoms. The number of benzene rings is 3. The zero-order valence-electron chi connectivity index (χ0n) is 28.5. The van der Waals surface area contributed by atoms with Gasteiger partial charge in [0, 0.05) is 35.8 Å². The van der Waals surface area contributed by atoms with E-state index in [4.69, 9.17) is 37.9 Å². The van der Waals surface area contributed by atoms with E-state index < -0.39 is 0 Å². The fraction of sp³-hybridized carbons (Fsp3) is 0.300. The molecule has 0 unspecified atom stereocenters. The van der Waals surface area contributed by atoms with E-state index in [1.807, 2.05) is 68.6 Å². The SMILES string of the molecule is CC(C)=CC(=O)c1cccc(Oc2ccc(Cn3c(C4CCN(C)CC4)nc(-c4ccc(Cl)c(Cl)c4)c3-c3ccnc(NC4CC4)n3)cc2)c1. The van der Waals surface area contributed by atoms with E-state index in [0.29, 0.717) is 45.6 Å². The van der Waals surface area contributed by atoms with Gasteiger partial charge in [0.05, 0.1) is 27.1 Å². The quantitative estimate of drug-likeness (QED) is 0.108. The summed E-state index contributed by atoms with van der Waals surface area (Å²) in [6.07, 6.45) is 7.71. The Morgan fingerprint density at radius 2 is 1.70 bits per heavy atom. The van der Waals surface area contributed by atoms with Crippen LogP contribution in [0.3, 0.4) is 0 Å². The molecule has 0 bridgehead atoms. The van der Waals surface area contributed by atoms with E-state index in [1.165, 1.54) is 0 Å². The van der Waals surface area contributed by atoms with Crippen molar-refractivity contribution in [3.8, 4) is 34.1 Å². The summed E-state index contributed by atoms with van der Waals surface area (Å²) in [5.74, 6) is 3.18. The van der Waals surface area contributed by atoms with Crippen LogP contribution in [-0.2, 0) is 6.54 Å². The number of anilines is 1. The first-order valence-electron chi connectivity index (χ1n) is 17.1. The van der Waals surface area contributed by atoms with Crippen LogP contribution in [0.15, 0.2) is 90.6 Å². The lowest BCUT2D eigenvalue weighted by atomic mass is 9.96. The number of piperidine rings is 1. The number of hydrogen-bond acceptors (Lipinski definition) is 7. The minimum atomic E-state index is -0.0401. The highest BCUT2D eigenvalue weighted by atomic mass is 35.5. The Bertz CT molecular complexity index is 2040. The van der Waals surface area contributed by atoms with Gasteiger partial charge in [0.15, 0.2) is 5.78 Å². The molecule has 1 saturated heterocycles. The topological polar surface area (TPSA) is 85.2 Å². The molecule has 50 heavy (non-hydrogen) atoms. The van der Waals surface area contributed by atoms with E-state index >= 15 is 0 Å². The lowest BCUT2D eigenvalue weighted by molar-refractivity contribution is 0.104. The van der Waals surface area contributed by atoms with Crippen LogP contribution in [0.4, 0.5) is 5.95 Å². The summed E-state index contributed by atoms with van der Waals surface area (Å²) in [5.41, 5.74) is 6.03. The lowest BCUT2D eigenvalue weighted by Gasteiger charge is -2.29. The molecule has 3 heterocycles. The molecule has 256 valence electrons. The minimum Gasteiger partial charge on any atom is -0.457 e. The van der Waals surface area contributed by atoms with Gasteiger partial charge >= 0.3 is 0 Å². The van der Waals surface area contributed by atoms with Gasteiger partial charge in [-0.05, 0) is 114 Å². The molecule has 3 aromatic carbocycles. The fourth-order valence-corrected chi connectivity index (χ4v) is 6.62. The van der Waals surface area contributed by atoms with E-state index in [2.05, 4.69) is 38.9 Å². The van der Waals surface area contributed by atoms with Crippen LogP contribution >= 0.6 is 23.2 Å². The molecule has 8 nitrogen and oxygen atoms in total. The zero-order chi connectivity index (χ0) is 34.8. The lowest BCUT2D eigenvalue weighted by Crippen LogP contribution is -2.30. The molecule has 1 aliphatic carbocycles. The number of carbonyl (C=O) groups is 1. The maximum atomic E-state index is 12.6. The van der Waals surface area contributed by atoms with E-state index in [-0.39, 0.29) is 11.7 Å². The van der Waals surface area contributed by atoms with Gasteiger partial charge in [-0.3, -0.25) is 4.79 Å². The highest BCUT2D eigenvalue weighted by Crippen LogP contribution is 2.40. The number of ether oxygens (including phenoxy) is 1. The molecule has 5 aromatic rings. The van der Waals surface area contributed by atoms with Gasteiger partial charge in [0.1, 0.15) is 17.3 Å². The van der Waals surface area contributed by atoms with Crippen molar-refractivity contribution >= 4 is 34.9 Å². The van der Waals surface area contributed by atoms with Crippen molar-refractivity contribution < 1.29 is 9.53 Å². The van der Waals surface area contributed by atoms with Crippen molar-refractivity contribution in [2.75, 3.05) is 25.5 Å². The summed E-state index contributed by atoms with van der Waals surface area (Å²) in [6, 6.07) is 23.4. The third-order valence-electron chi connectivity index (χ3n) is 9.12. The monoisotopic (exact) mass is 706 g/mol. The molecule has 0 radical (unpaired) electrons. The van der Waals surface area contributed by atoms with E-state index in [9.17, 15) is 4.79 Å². The molecule has 2 aromatic heterocycles. The normalized spacial score (nSPS) is 15.1. The van der Waals surface area contributed by atoms with Crippen molar-refractivity contribution in [1.29, 1.82) is 0 Å². The highest BCUT2D eigenvalue weighted by Gasteiger charge is 2.29. The average molecular weight is 708 g/mol. The van der Waals surface area contributed by atoms with Crippen molar-refractivity contribution in [3.63, 3.8) is 0 Å². The van der Waals surface area contributed by atoms with Crippen molar-refractivity contribution in [2.45, 2.75) is 58.0 Å². The van der Waals surface area contributed by atoms with Crippen LogP contribution in [0, 0.1) is 0 Å². The van der Waals surface area contributed by atoms with E-state index in [0.717, 1.165) is 78.4 Å². The molecular weight excluding hydrogens is 667 g/mol. The second kappa shape index (κ2) is 14.8. The minimum absolute atomic E-state index is 0.0401. The van der Waals surface area contributed by atoms with Crippen LogP contribution in [-0.4, -0.2) is 56.4 Å². The zero-order valence-corrected chi connectivity index (χ0v) is 30.0. The Hall–Kier alpha value is -4.50. The molecule has 1 saturated carbocycles. The number of nitrogens with zero attached hydrogens (tertiary/aromatic N) is 5. The maximum absolute atomic E-state index is 12.6. The number of rotatable bonds is 11. The van der Waals surface area contributed by atoms with Gasteiger partial charge in [-0.2, -0.15) is 0 Å². The summed E-state index contributed by atoms with van der Waals surface area (Å²) in [5, 5.41) is 4.44. The Morgan fingerprint density at radius 3 is 2.42 bits per heavy atom. The smallest absolute Gasteiger partial charge is 0.223 e. The van der Waals surface area contributed by atoms with Crippen LogP contribution in [0.1, 0.15) is 67.2 Å². The number of allylic oxidation sites excluding steroid dienone is 2. The van der Waals surface area contributed by atoms with Crippen LogP contribution < -0.4 is 10.1 Å². The number of ketones is 1. The summed E-state index contributed by atoms with van der Waals surface area (Å²) >= 11 is 12.9. The van der Waals surface area contributed by atoms with Crippen molar-refractivity contribution in [3.05, 3.63) is 118 Å². The summed E-state index contributed by atoms with van der Waals surface area (Å²) in [7, 11) is 2.17. The number of hydrogen-bond donors (Lipinski definition) is 1. The van der Waals surface area contributed by atoms with Crippen LogP contribution in [0.2, 0.25) is 10.0 Å². The van der Waals surface area contributed by atoms with Crippen molar-refractivity contribution in [2.24, 2.45) is 0 Å². The third kappa shape index (κ3) is 7.94.